The summed E-state index contributed by atoms with van der Waals surface area (Å²) >= 11 is 0. The number of hydrogen-bond donors (Lipinski definition) is 2. The van der Waals surface area contributed by atoms with E-state index in [1.807, 2.05) is 0 Å². The Morgan fingerprint density at radius 1 is 0.944 bits per heavy atom. The highest BCUT2D eigenvalue weighted by molar-refractivity contribution is 5.83. The zero-order chi connectivity index (χ0) is 13.3. The molecule has 0 spiro atoms. The van der Waals surface area contributed by atoms with Gasteiger partial charge in [-0.3, -0.25) is 0 Å². The van der Waals surface area contributed by atoms with Gasteiger partial charge in [0, 0.05) is 11.3 Å². The number of benzene rings is 2. The summed E-state index contributed by atoms with van der Waals surface area (Å²) in [5.74, 6) is -0.272. The summed E-state index contributed by atoms with van der Waals surface area (Å²) in [7, 11) is 0. The van der Waals surface area contributed by atoms with Gasteiger partial charge in [-0.15, -0.1) is 0 Å². The van der Waals surface area contributed by atoms with Crippen molar-refractivity contribution in [1.82, 2.24) is 0 Å². The van der Waals surface area contributed by atoms with Crippen molar-refractivity contribution >= 4 is 5.69 Å². The first-order valence-electron chi connectivity index (χ1n) is 5.15. The molecule has 0 radical (unpaired) electrons. The van der Waals surface area contributed by atoms with Crippen molar-refractivity contribution in [1.29, 1.82) is 0 Å². The summed E-state index contributed by atoms with van der Waals surface area (Å²) < 4.78 is 38.6. The third kappa shape index (κ3) is 2.11. The van der Waals surface area contributed by atoms with Gasteiger partial charge >= 0.3 is 6.18 Å². The summed E-state index contributed by atoms with van der Waals surface area (Å²) in [6.07, 6.45) is -4.49. The van der Waals surface area contributed by atoms with E-state index in [1.54, 1.807) is 0 Å². The minimum Gasteiger partial charge on any atom is -0.507 e. The van der Waals surface area contributed by atoms with Crippen LogP contribution < -0.4 is 5.73 Å². The van der Waals surface area contributed by atoms with E-state index in [9.17, 15) is 18.3 Å². The van der Waals surface area contributed by atoms with Crippen molar-refractivity contribution in [3.8, 4) is 16.9 Å². The molecule has 5 heteroatoms. The molecule has 2 rings (SSSR count). The van der Waals surface area contributed by atoms with Crippen molar-refractivity contribution in [3.63, 3.8) is 0 Å². The number of phenols is 1. The van der Waals surface area contributed by atoms with Crippen molar-refractivity contribution in [3.05, 3.63) is 48.0 Å². The minimum absolute atomic E-state index is 0.00502. The van der Waals surface area contributed by atoms with Gasteiger partial charge in [0.2, 0.25) is 0 Å². The zero-order valence-electron chi connectivity index (χ0n) is 9.20. The first-order valence-corrected chi connectivity index (χ1v) is 5.15. The molecule has 0 aromatic heterocycles. The quantitative estimate of drug-likeness (QED) is 0.762. The monoisotopic (exact) mass is 253 g/mol. The molecular weight excluding hydrogens is 243 g/mol. The van der Waals surface area contributed by atoms with Crippen molar-refractivity contribution < 1.29 is 18.3 Å². The van der Waals surface area contributed by atoms with Gasteiger partial charge in [-0.1, -0.05) is 24.3 Å². The number of anilines is 1. The minimum atomic E-state index is -4.49. The average molecular weight is 253 g/mol. The highest BCUT2D eigenvalue weighted by Gasteiger charge is 2.34. The molecule has 0 fully saturated rings. The van der Waals surface area contributed by atoms with Gasteiger partial charge in [-0.05, 0) is 23.8 Å². The Balaban J connectivity index is 2.73. The van der Waals surface area contributed by atoms with Gasteiger partial charge in [-0.2, -0.15) is 13.2 Å². The fourth-order valence-corrected chi connectivity index (χ4v) is 1.80. The Morgan fingerprint density at radius 2 is 1.61 bits per heavy atom. The molecule has 94 valence electrons. The molecule has 0 aliphatic rings. The van der Waals surface area contributed by atoms with Gasteiger partial charge in [0.05, 0.1) is 5.56 Å². The van der Waals surface area contributed by atoms with Crippen LogP contribution in [0, 0.1) is 0 Å². The highest BCUT2D eigenvalue weighted by atomic mass is 19.4. The van der Waals surface area contributed by atoms with Crippen LogP contribution in [-0.4, -0.2) is 5.11 Å². The molecule has 0 aliphatic carbocycles. The van der Waals surface area contributed by atoms with E-state index in [0.29, 0.717) is 0 Å². The van der Waals surface area contributed by atoms with Crippen molar-refractivity contribution in [2.75, 3.05) is 5.73 Å². The topological polar surface area (TPSA) is 46.2 Å². The van der Waals surface area contributed by atoms with Crippen LogP contribution in [0.4, 0.5) is 18.9 Å². The molecule has 0 unspecified atom stereocenters. The second-order valence-corrected chi connectivity index (χ2v) is 3.78. The number of phenolic OH excluding ortho intramolecular Hbond substituents is 1. The molecule has 0 saturated carbocycles. The fourth-order valence-electron chi connectivity index (χ4n) is 1.80. The average Bonchev–Trinajstić information content (AvgIpc) is 2.28. The molecule has 0 aliphatic heterocycles. The first kappa shape index (κ1) is 12.3. The number of rotatable bonds is 1. The largest absolute Gasteiger partial charge is 0.507 e. The smallest absolute Gasteiger partial charge is 0.417 e. The van der Waals surface area contributed by atoms with Crippen molar-refractivity contribution in [2.45, 2.75) is 6.18 Å². The fraction of sp³-hybridized carbons (Fsp3) is 0.0769. The molecule has 3 N–H and O–H groups in total. The first-order chi connectivity index (χ1) is 8.41. The summed E-state index contributed by atoms with van der Waals surface area (Å²) in [5.41, 5.74) is 4.80. The van der Waals surface area contributed by atoms with Crippen molar-refractivity contribution in [2.24, 2.45) is 0 Å². The van der Waals surface area contributed by atoms with Gasteiger partial charge in [-0.25, -0.2) is 0 Å². The molecule has 2 aromatic carbocycles. The van der Waals surface area contributed by atoms with Gasteiger partial charge in [0.15, 0.2) is 0 Å². The predicted molar refractivity (Wildman–Crippen MR) is 63.0 cm³/mol. The van der Waals surface area contributed by atoms with Crippen LogP contribution in [0.25, 0.3) is 11.1 Å². The lowest BCUT2D eigenvalue weighted by atomic mass is 9.97. The zero-order valence-corrected chi connectivity index (χ0v) is 9.20. The van der Waals surface area contributed by atoms with Crippen LogP contribution >= 0.6 is 0 Å². The Kier molecular flexibility index (Phi) is 2.90. The van der Waals surface area contributed by atoms with Crippen LogP contribution in [0.1, 0.15) is 5.56 Å². The van der Waals surface area contributed by atoms with E-state index in [-0.39, 0.29) is 22.6 Å². The summed E-state index contributed by atoms with van der Waals surface area (Å²) in [4.78, 5) is 0. The lowest BCUT2D eigenvalue weighted by Gasteiger charge is -2.15. The van der Waals surface area contributed by atoms with E-state index in [2.05, 4.69) is 0 Å². The van der Waals surface area contributed by atoms with Gasteiger partial charge in [0.1, 0.15) is 5.75 Å². The molecule has 18 heavy (non-hydrogen) atoms. The summed E-state index contributed by atoms with van der Waals surface area (Å²) in [6, 6.07) is 9.24. The van der Waals surface area contributed by atoms with E-state index in [0.717, 1.165) is 6.07 Å². The van der Waals surface area contributed by atoms with Crippen LogP contribution in [0.3, 0.4) is 0 Å². The van der Waals surface area contributed by atoms with Gasteiger partial charge < -0.3 is 10.8 Å². The summed E-state index contributed by atoms with van der Waals surface area (Å²) in [5, 5.41) is 9.69. The molecule has 0 atom stereocenters. The molecule has 2 aromatic rings. The lowest BCUT2D eigenvalue weighted by molar-refractivity contribution is -0.137. The second-order valence-electron chi connectivity index (χ2n) is 3.78. The number of halogens is 3. The maximum Gasteiger partial charge on any atom is 0.417 e. The summed E-state index contributed by atoms with van der Waals surface area (Å²) in [6.45, 7) is 0. The van der Waals surface area contributed by atoms with E-state index >= 15 is 0 Å². The highest BCUT2D eigenvalue weighted by Crippen LogP contribution is 2.42. The SMILES string of the molecule is Nc1cccc(O)c1-c1ccccc1C(F)(F)F. The van der Waals surface area contributed by atoms with Crippen LogP contribution in [0.15, 0.2) is 42.5 Å². The van der Waals surface area contributed by atoms with Crippen LogP contribution in [0.5, 0.6) is 5.75 Å². The van der Waals surface area contributed by atoms with E-state index < -0.39 is 11.7 Å². The molecule has 0 amide bonds. The standard InChI is InChI=1S/C13H10F3NO/c14-13(15,16)9-5-2-1-4-8(9)12-10(17)6-3-7-11(12)18/h1-7,18H,17H2. The number of alkyl halides is 3. The molecule has 2 nitrogen and oxygen atoms in total. The number of hydrogen-bond acceptors (Lipinski definition) is 2. The van der Waals surface area contributed by atoms with E-state index in [4.69, 9.17) is 5.73 Å². The Bertz CT molecular complexity index is 558. The Morgan fingerprint density at radius 3 is 2.22 bits per heavy atom. The lowest BCUT2D eigenvalue weighted by Crippen LogP contribution is -2.07. The van der Waals surface area contributed by atoms with Crippen LogP contribution in [0.2, 0.25) is 0 Å². The number of aromatic hydroxyl groups is 1. The third-order valence-electron chi connectivity index (χ3n) is 2.58. The Labute approximate surface area is 101 Å². The molecule has 0 bridgehead atoms. The molecule has 0 heterocycles. The predicted octanol–water partition coefficient (Wildman–Crippen LogP) is 3.66. The number of nitrogen functional groups attached to an aromatic ring is 1. The second kappa shape index (κ2) is 4.25. The van der Waals surface area contributed by atoms with Gasteiger partial charge in [0.25, 0.3) is 0 Å². The molecule has 0 saturated heterocycles. The maximum absolute atomic E-state index is 12.9. The number of nitrogens with two attached hydrogens (primary N) is 1. The Hall–Kier alpha value is -2.17. The van der Waals surface area contributed by atoms with E-state index in [1.165, 1.54) is 36.4 Å². The molecular formula is C13H10F3NO. The maximum atomic E-state index is 12.9. The van der Waals surface area contributed by atoms with Crippen LogP contribution in [-0.2, 0) is 6.18 Å². The normalized spacial score (nSPS) is 11.5. The third-order valence-corrected chi connectivity index (χ3v) is 2.58.